The van der Waals surface area contributed by atoms with Crippen LogP contribution in [0.15, 0.2) is 18.2 Å². The molecule has 0 atom stereocenters. The molecule has 3 N–H and O–H groups in total. The summed E-state index contributed by atoms with van der Waals surface area (Å²) in [5, 5.41) is 19.5. The van der Waals surface area contributed by atoms with Crippen molar-refractivity contribution >= 4 is 11.9 Å². The molecule has 18 heavy (non-hydrogen) atoms. The Labute approximate surface area is 98.8 Å². The second kappa shape index (κ2) is 4.94. The summed E-state index contributed by atoms with van der Waals surface area (Å²) in [5.41, 5.74) is -0.226. The highest BCUT2D eigenvalue weighted by atomic mass is 19.4. The third-order valence-corrected chi connectivity index (χ3v) is 2.03. The van der Waals surface area contributed by atoms with Crippen molar-refractivity contribution in [2.24, 2.45) is 0 Å². The van der Waals surface area contributed by atoms with Crippen LogP contribution in [-0.2, 0) is 11.3 Å². The Bertz CT molecular complexity index is 485. The van der Waals surface area contributed by atoms with Gasteiger partial charge in [0.1, 0.15) is 5.75 Å². The van der Waals surface area contributed by atoms with Gasteiger partial charge in [-0.25, -0.2) is 4.79 Å². The standard InChI is InChI=1S/C10H8F3NO4/c11-10(12,13)9(18)14-4-6-2-1-5(8(16)17)3-7(6)15/h1-3,15H,4H2,(H,14,18)(H,16,17). The Balaban J connectivity index is 2.75. The lowest BCUT2D eigenvalue weighted by atomic mass is 10.1. The minimum absolute atomic E-state index is 0.0161. The predicted molar refractivity (Wildman–Crippen MR) is 53.0 cm³/mol. The maximum Gasteiger partial charge on any atom is 0.471 e. The lowest BCUT2D eigenvalue weighted by Gasteiger charge is -2.09. The SMILES string of the molecule is O=C(O)c1ccc(CNC(=O)C(F)(F)F)c(O)c1. The molecule has 0 radical (unpaired) electrons. The van der Waals surface area contributed by atoms with Crippen LogP contribution in [-0.4, -0.2) is 28.3 Å². The summed E-state index contributed by atoms with van der Waals surface area (Å²) in [4.78, 5) is 21.0. The molecule has 98 valence electrons. The van der Waals surface area contributed by atoms with Gasteiger partial charge < -0.3 is 15.5 Å². The van der Waals surface area contributed by atoms with Crippen molar-refractivity contribution in [3.8, 4) is 5.75 Å². The summed E-state index contributed by atoms with van der Waals surface area (Å²) < 4.78 is 35.6. The number of aromatic carboxylic acids is 1. The average Bonchev–Trinajstić information content (AvgIpc) is 2.25. The zero-order valence-corrected chi connectivity index (χ0v) is 8.78. The number of amides is 1. The summed E-state index contributed by atoms with van der Waals surface area (Å²) >= 11 is 0. The fourth-order valence-corrected chi connectivity index (χ4v) is 1.12. The molecule has 5 nitrogen and oxygen atoms in total. The molecule has 0 aliphatic rings. The highest BCUT2D eigenvalue weighted by molar-refractivity contribution is 5.88. The number of phenolic OH excluding ortho intramolecular Hbond substituents is 1. The smallest absolute Gasteiger partial charge is 0.471 e. The Kier molecular flexibility index (Phi) is 3.79. The van der Waals surface area contributed by atoms with Gasteiger partial charge in [-0.1, -0.05) is 6.07 Å². The van der Waals surface area contributed by atoms with E-state index in [1.807, 2.05) is 0 Å². The van der Waals surface area contributed by atoms with E-state index in [9.17, 15) is 27.9 Å². The van der Waals surface area contributed by atoms with Crippen LogP contribution >= 0.6 is 0 Å². The second-order valence-corrected chi connectivity index (χ2v) is 3.33. The van der Waals surface area contributed by atoms with E-state index in [2.05, 4.69) is 0 Å². The number of carbonyl (C=O) groups is 2. The number of aromatic hydroxyl groups is 1. The first kappa shape index (κ1) is 13.8. The number of carbonyl (C=O) groups excluding carboxylic acids is 1. The molecule has 8 heteroatoms. The Morgan fingerprint density at radius 1 is 1.28 bits per heavy atom. The van der Waals surface area contributed by atoms with Crippen molar-refractivity contribution in [1.29, 1.82) is 0 Å². The number of rotatable bonds is 3. The van der Waals surface area contributed by atoms with Gasteiger partial charge in [-0.05, 0) is 12.1 Å². The van der Waals surface area contributed by atoms with E-state index in [4.69, 9.17) is 5.11 Å². The van der Waals surface area contributed by atoms with E-state index in [0.29, 0.717) is 0 Å². The van der Waals surface area contributed by atoms with Crippen LogP contribution in [0.2, 0.25) is 0 Å². The Hall–Kier alpha value is -2.25. The average molecular weight is 263 g/mol. The van der Waals surface area contributed by atoms with Gasteiger partial charge in [0.05, 0.1) is 5.56 Å². The van der Waals surface area contributed by atoms with Gasteiger partial charge in [-0.15, -0.1) is 0 Å². The molecule has 1 aromatic rings. The molecule has 0 saturated heterocycles. The van der Waals surface area contributed by atoms with Gasteiger partial charge in [0.15, 0.2) is 0 Å². The summed E-state index contributed by atoms with van der Waals surface area (Å²) in [6.07, 6.45) is -5.00. The van der Waals surface area contributed by atoms with Crippen molar-refractivity contribution in [3.05, 3.63) is 29.3 Å². The van der Waals surface area contributed by atoms with E-state index in [-0.39, 0.29) is 11.1 Å². The highest BCUT2D eigenvalue weighted by Gasteiger charge is 2.38. The molecule has 1 amide bonds. The van der Waals surface area contributed by atoms with Crippen LogP contribution in [0.3, 0.4) is 0 Å². The zero-order valence-electron chi connectivity index (χ0n) is 8.78. The number of carboxylic acids is 1. The molecule has 0 spiro atoms. The maximum absolute atomic E-state index is 11.9. The molecule has 0 bridgehead atoms. The van der Waals surface area contributed by atoms with Crippen molar-refractivity contribution in [2.75, 3.05) is 0 Å². The first-order chi connectivity index (χ1) is 8.21. The minimum Gasteiger partial charge on any atom is -0.508 e. The lowest BCUT2D eigenvalue weighted by molar-refractivity contribution is -0.173. The van der Waals surface area contributed by atoms with Crippen molar-refractivity contribution < 1.29 is 33.0 Å². The summed E-state index contributed by atoms with van der Waals surface area (Å²) in [7, 11) is 0. The summed E-state index contributed by atoms with van der Waals surface area (Å²) in [6.45, 7) is -0.552. The molecule has 1 rings (SSSR count). The monoisotopic (exact) mass is 263 g/mol. The molecule has 0 aromatic heterocycles. The largest absolute Gasteiger partial charge is 0.508 e. The van der Waals surface area contributed by atoms with Crippen LogP contribution in [0.5, 0.6) is 5.75 Å². The van der Waals surface area contributed by atoms with Crippen LogP contribution < -0.4 is 5.32 Å². The van der Waals surface area contributed by atoms with E-state index in [1.54, 1.807) is 5.32 Å². The predicted octanol–water partition coefficient (Wildman–Crippen LogP) is 1.27. The number of halogens is 3. The second-order valence-electron chi connectivity index (χ2n) is 3.33. The van der Waals surface area contributed by atoms with Crippen LogP contribution in [0, 0.1) is 0 Å². The fraction of sp³-hybridized carbons (Fsp3) is 0.200. The molecule has 0 aliphatic carbocycles. The molecule has 0 saturated carbocycles. The van der Waals surface area contributed by atoms with Gasteiger partial charge in [0.2, 0.25) is 0 Å². The fourth-order valence-electron chi connectivity index (χ4n) is 1.12. The number of benzene rings is 1. The first-order valence-electron chi connectivity index (χ1n) is 4.62. The Morgan fingerprint density at radius 2 is 1.89 bits per heavy atom. The van der Waals surface area contributed by atoms with Crippen LogP contribution in [0.4, 0.5) is 13.2 Å². The number of carboxylic acid groups (broad SMARTS) is 1. The van der Waals surface area contributed by atoms with Gasteiger partial charge in [0, 0.05) is 12.1 Å². The maximum atomic E-state index is 11.9. The van der Waals surface area contributed by atoms with E-state index in [1.165, 1.54) is 0 Å². The van der Waals surface area contributed by atoms with Crippen LogP contribution in [0.25, 0.3) is 0 Å². The van der Waals surface area contributed by atoms with E-state index < -0.39 is 30.3 Å². The third-order valence-electron chi connectivity index (χ3n) is 2.03. The molecule has 0 fully saturated rings. The highest BCUT2D eigenvalue weighted by Crippen LogP contribution is 2.20. The van der Waals surface area contributed by atoms with Gasteiger partial charge in [-0.3, -0.25) is 4.79 Å². The number of phenols is 1. The first-order valence-corrected chi connectivity index (χ1v) is 4.62. The molecule has 0 unspecified atom stereocenters. The quantitative estimate of drug-likeness (QED) is 0.766. The molecule has 0 heterocycles. The van der Waals surface area contributed by atoms with Crippen molar-refractivity contribution in [1.82, 2.24) is 5.32 Å². The van der Waals surface area contributed by atoms with E-state index in [0.717, 1.165) is 18.2 Å². The van der Waals surface area contributed by atoms with Crippen molar-refractivity contribution in [3.63, 3.8) is 0 Å². The van der Waals surface area contributed by atoms with Gasteiger partial charge in [0.25, 0.3) is 0 Å². The zero-order chi connectivity index (χ0) is 13.9. The molecular formula is C10H8F3NO4. The number of alkyl halides is 3. The third kappa shape index (κ3) is 3.37. The number of hydrogen-bond donors (Lipinski definition) is 3. The normalized spacial score (nSPS) is 11.1. The van der Waals surface area contributed by atoms with Gasteiger partial charge in [-0.2, -0.15) is 13.2 Å². The lowest BCUT2D eigenvalue weighted by Crippen LogP contribution is -2.36. The number of nitrogens with one attached hydrogen (secondary N) is 1. The Morgan fingerprint density at radius 3 is 2.33 bits per heavy atom. The molecule has 1 aromatic carbocycles. The van der Waals surface area contributed by atoms with E-state index >= 15 is 0 Å². The minimum atomic E-state index is -5.00. The topological polar surface area (TPSA) is 86.6 Å². The van der Waals surface area contributed by atoms with Crippen molar-refractivity contribution in [2.45, 2.75) is 12.7 Å². The molecule has 0 aliphatic heterocycles. The summed E-state index contributed by atoms with van der Waals surface area (Å²) in [5.74, 6) is -3.92. The van der Waals surface area contributed by atoms with Crippen LogP contribution in [0.1, 0.15) is 15.9 Å². The molecular weight excluding hydrogens is 255 g/mol. The number of hydrogen-bond acceptors (Lipinski definition) is 3. The van der Waals surface area contributed by atoms with Gasteiger partial charge >= 0.3 is 18.1 Å². The summed E-state index contributed by atoms with van der Waals surface area (Å²) in [6, 6.07) is 3.12.